The zero-order chi connectivity index (χ0) is 20.4. The lowest BCUT2D eigenvalue weighted by Crippen LogP contribution is -2.42. The van der Waals surface area contributed by atoms with Gasteiger partial charge < -0.3 is 15.0 Å². The van der Waals surface area contributed by atoms with E-state index in [4.69, 9.17) is 4.74 Å². The number of rotatable bonds is 6. The van der Waals surface area contributed by atoms with Gasteiger partial charge in [-0.25, -0.2) is 9.78 Å². The molecule has 1 aromatic heterocycles. The molecule has 2 heterocycles. The summed E-state index contributed by atoms with van der Waals surface area (Å²) in [5.74, 6) is -0.701. The topological polar surface area (TPSA) is 88.6 Å². The van der Waals surface area contributed by atoms with E-state index in [2.05, 4.69) is 10.3 Å². The number of hydrogen-bond acceptors (Lipinski definition) is 6. The van der Waals surface area contributed by atoms with Crippen LogP contribution in [0.25, 0.3) is 0 Å². The smallest absolute Gasteiger partial charge is 0.357 e. The highest BCUT2D eigenvalue weighted by atomic mass is 32.1. The van der Waals surface area contributed by atoms with E-state index in [1.165, 1.54) is 23.3 Å². The SMILES string of the molecule is COC(=O)c1nc(NC(=O)C(C)N2Cc3ccccc3C2=O)sc1CC(C)C. The first-order chi connectivity index (χ1) is 13.3. The van der Waals surface area contributed by atoms with Crippen molar-refractivity contribution in [3.63, 3.8) is 0 Å². The minimum absolute atomic E-state index is 0.159. The maximum atomic E-state index is 12.7. The van der Waals surface area contributed by atoms with E-state index in [1.807, 2.05) is 32.0 Å². The van der Waals surface area contributed by atoms with Crippen LogP contribution in [-0.4, -0.2) is 40.8 Å². The summed E-state index contributed by atoms with van der Waals surface area (Å²) in [5, 5.41) is 3.08. The van der Waals surface area contributed by atoms with Gasteiger partial charge in [0.1, 0.15) is 6.04 Å². The molecule has 0 saturated heterocycles. The zero-order valence-corrected chi connectivity index (χ0v) is 17.1. The van der Waals surface area contributed by atoms with Gasteiger partial charge in [0.05, 0.1) is 7.11 Å². The summed E-state index contributed by atoms with van der Waals surface area (Å²) in [4.78, 5) is 43.8. The molecule has 1 aromatic carbocycles. The first-order valence-electron chi connectivity index (χ1n) is 9.09. The van der Waals surface area contributed by atoms with Gasteiger partial charge in [-0.1, -0.05) is 32.0 Å². The highest BCUT2D eigenvalue weighted by Crippen LogP contribution is 2.28. The second kappa shape index (κ2) is 8.10. The fraction of sp³-hybridized carbons (Fsp3) is 0.400. The predicted molar refractivity (Wildman–Crippen MR) is 106 cm³/mol. The summed E-state index contributed by atoms with van der Waals surface area (Å²) in [7, 11) is 1.30. The van der Waals surface area contributed by atoms with Gasteiger partial charge in [-0.3, -0.25) is 9.59 Å². The Hall–Kier alpha value is -2.74. The Morgan fingerprint density at radius 3 is 2.64 bits per heavy atom. The molecule has 0 spiro atoms. The quantitative estimate of drug-likeness (QED) is 0.752. The van der Waals surface area contributed by atoms with E-state index in [0.29, 0.717) is 29.6 Å². The predicted octanol–water partition coefficient (Wildman–Crippen LogP) is 3.11. The first-order valence-corrected chi connectivity index (χ1v) is 9.91. The lowest BCUT2D eigenvalue weighted by atomic mass is 10.1. The normalized spacial score (nSPS) is 14.2. The van der Waals surface area contributed by atoms with Crippen molar-refractivity contribution in [3.8, 4) is 0 Å². The third-order valence-electron chi connectivity index (χ3n) is 4.60. The molecule has 1 atom stereocenters. The van der Waals surface area contributed by atoms with Gasteiger partial charge in [-0.05, 0) is 30.9 Å². The van der Waals surface area contributed by atoms with Crippen LogP contribution in [0, 0.1) is 5.92 Å². The average molecular weight is 401 g/mol. The van der Waals surface area contributed by atoms with Gasteiger partial charge in [-0.2, -0.15) is 0 Å². The molecule has 1 aliphatic rings. The van der Waals surface area contributed by atoms with Crippen molar-refractivity contribution in [2.75, 3.05) is 12.4 Å². The van der Waals surface area contributed by atoms with Gasteiger partial charge >= 0.3 is 5.97 Å². The van der Waals surface area contributed by atoms with Gasteiger partial charge in [-0.15, -0.1) is 11.3 Å². The molecular formula is C20H23N3O4S. The molecular weight excluding hydrogens is 378 g/mol. The highest BCUT2D eigenvalue weighted by molar-refractivity contribution is 7.16. The number of carbonyl (C=O) groups is 3. The number of nitrogens with one attached hydrogen (secondary N) is 1. The summed E-state index contributed by atoms with van der Waals surface area (Å²) in [6.07, 6.45) is 0.660. The van der Waals surface area contributed by atoms with Crippen LogP contribution in [0.3, 0.4) is 0 Å². The van der Waals surface area contributed by atoms with Crippen LogP contribution in [-0.2, 0) is 22.5 Å². The number of esters is 1. The minimum Gasteiger partial charge on any atom is -0.464 e. The molecule has 0 radical (unpaired) electrons. The molecule has 0 saturated carbocycles. The number of fused-ring (bicyclic) bond motifs is 1. The summed E-state index contributed by atoms with van der Waals surface area (Å²) < 4.78 is 4.80. The molecule has 0 bridgehead atoms. The second-order valence-electron chi connectivity index (χ2n) is 7.14. The van der Waals surface area contributed by atoms with Crippen molar-refractivity contribution >= 4 is 34.3 Å². The summed E-state index contributed by atoms with van der Waals surface area (Å²) in [6.45, 7) is 6.16. The largest absolute Gasteiger partial charge is 0.464 e. The Labute approximate surface area is 167 Å². The summed E-state index contributed by atoms with van der Waals surface area (Å²) >= 11 is 1.26. The van der Waals surface area contributed by atoms with Crippen molar-refractivity contribution in [2.24, 2.45) is 5.92 Å². The lowest BCUT2D eigenvalue weighted by molar-refractivity contribution is -0.120. The Kier molecular flexibility index (Phi) is 5.79. The fourth-order valence-corrected chi connectivity index (χ4v) is 4.28. The molecule has 0 aliphatic carbocycles. The minimum atomic E-state index is -0.668. The number of aromatic nitrogens is 1. The van der Waals surface area contributed by atoms with Crippen LogP contribution in [0.1, 0.15) is 52.1 Å². The third kappa shape index (κ3) is 3.91. The average Bonchev–Trinajstić information content (AvgIpc) is 3.21. The van der Waals surface area contributed by atoms with Crippen molar-refractivity contribution in [2.45, 2.75) is 39.8 Å². The molecule has 3 rings (SSSR count). The van der Waals surface area contributed by atoms with Gasteiger partial charge in [0.15, 0.2) is 10.8 Å². The fourth-order valence-electron chi connectivity index (χ4n) is 3.11. The van der Waals surface area contributed by atoms with Gasteiger partial charge in [0.2, 0.25) is 5.91 Å². The van der Waals surface area contributed by atoms with Crippen LogP contribution in [0.2, 0.25) is 0 Å². The highest BCUT2D eigenvalue weighted by Gasteiger charge is 2.34. The van der Waals surface area contributed by atoms with Crippen LogP contribution in [0.4, 0.5) is 5.13 Å². The number of benzene rings is 1. The van der Waals surface area contributed by atoms with E-state index in [-0.39, 0.29) is 17.5 Å². The zero-order valence-electron chi connectivity index (χ0n) is 16.3. The standard InChI is InChI=1S/C20H23N3O4S/c1-11(2)9-15-16(19(26)27-4)21-20(28-15)22-17(24)12(3)23-10-13-7-5-6-8-14(13)18(23)25/h5-8,11-12H,9-10H2,1-4H3,(H,21,22,24). The molecule has 2 amide bonds. The number of ether oxygens (including phenoxy) is 1. The molecule has 0 fully saturated rings. The van der Waals surface area contributed by atoms with E-state index in [0.717, 1.165) is 10.4 Å². The number of anilines is 1. The van der Waals surface area contributed by atoms with Gasteiger partial charge in [0, 0.05) is 17.0 Å². The number of carbonyl (C=O) groups excluding carboxylic acids is 3. The Bertz CT molecular complexity index is 922. The van der Waals surface area contributed by atoms with Crippen molar-refractivity contribution in [1.82, 2.24) is 9.88 Å². The maximum absolute atomic E-state index is 12.7. The van der Waals surface area contributed by atoms with Crippen LogP contribution in [0.5, 0.6) is 0 Å². The molecule has 148 valence electrons. The van der Waals surface area contributed by atoms with Crippen molar-refractivity contribution in [3.05, 3.63) is 46.0 Å². The lowest BCUT2D eigenvalue weighted by Gasteiger charge is -2.22. The van der Waals surface area contributed by atoms with E-state index in [9.17, 15) is 14.4 Å². The number of thiazole rings is 1. The second-order valence-corrected chi connectivity index (χ2v) is 8.22. The summed E-state index contributed by atoms with van der Waals surface area (Å²) in [5.41, 5.74) is 1.77. The molecule has 1 N–H and O–H groups in total. The van der Waals surface area contributed by atoms with E-state index in [1.54, 1.807) is 13.0 Å². The number of hydrogen-bond donors (Lipinski definition) is 1. The van der Waals surface area contributed by atoms with E-state index < -0.39 is 12.0 Å². The molecule has 28 heavy (non-hydrogen) atoms. The monoisotopic (exact) mass is 401 g/mol. The van der Waals surface area contributed by atoms with Crippen LogP contribution >= 0.6 is 11.3 Å². The Morgan fingerprint density at radius 1 is 1.29 bits per heavy atom. The Balaban J connectivity index is 1.75. The molecule has 2 aromatic rings. The van der Waals surface area contributed by atoms with E-state index >= 15 is 0 Å². The first kappa shape index (κ1) is 20.0. The molecule has 1 aliphatic heterocycles. The molecule has 1 unspecified atom stereocenters. The maximum Gasteiger partial charge on any atom is 0.357 e. The summed E-state index contributed by atoms with van der Waals surface area (Å²) in [6, 6.07) is 6.67. The Morgan fingerprint density at radius 2 is 2.00 bits per heavy atom. The number of methoxy groups -OCH3 is 1. The number of amides is 2. The van der Waals surface area contributed by atoms with Gasteiger partial charge in [0.25, 0.3) is 5.91 Å². The number of nitrogens with zero attached hydrogens (tertiary/aromatic N) is 2. The van der Waals surface area contributed by atoms with Crippen LogP contribution in [0.15, 0.2) is 24.3 Å². The van der Waals surface area contributed by atoms with Crippen molar-refractivity contribution < 1.29 is 19.1 Å². The third-order valence-corrected chi connectivity index (χ3v) is 5.59. The molecule has 8 heteroatoms. The van der Waals surface area contributed by atoms with Crippen LogP contribution < -0.4 is 5.32 Å². The molecule has 7 nitrogen and oxygen atoms in total. The van der Waals surface area contributed by atoms with Crippen molar-refractivity contribution in [1.29, 1.82) is 0 Å².